The minimum absolute atomic E-state index is 0.0474. The summed E-state index contributed by atoms with van der Waals surface area (Å²) < 4.78 is 0. The molecule has 1 aliphatic heterocycles. The van der Waals surface area contributed by atoms with E-state index in [9.17, 15) is 9.90 Å². The normalized spacial score (nSPS) is 20.8. The standard InChI is InChI=1S/C13H21N3O2/c17-10-12-3-1-2-7-16(12)8-6-15-13(18)11-4-5-14-9-11/h4-5,9,12,14,17H,1-3,6-8,10H2,(H,15,18). The molecule has 2 heterocycles. The lowest BCUT2D eigenvalue weighted by molar-refractivity contribution is 0.0849. The Morgan fingerprint density at radius 3 is 3.17 bits per heavy atom. The fourth-order valence-electron chi connectivity index (χ4n) is 2.44. The van der Waals surface area contributed by atoms with Crippen molar-refractivity contribution in [3.63, 3.8) is 0 Å². The van der Waals surface area contributed by atoms with Crippen molar-refractivity contribution in [2.24, 2.45) is 0 Å². The number of nitrogens with one attached hydrogen (secondary N) is 2. The minimum Gasteiger partial charge on any atom is -0.395 e. The third-order valence-corrected chi connectivity index (χ3v) is 3.50. The predicted octanol–water partition coefficient (Wildman–Crippen LogP) is 0.591. The lowest BCUT2D eigenvalue weighted by Crippen LogP contribution is -2.45. The van der Waals surface area contributed by atoms with Crippen molar-refractivity contribution in [2.45, 2.75) is 25.3 Å². The smallest absolute Gasteiger partial charge is 0.252 e. The molecule has 2 rings (SSSR count). The van der Waals surface area contributed by atoms with Crippen molar-refractivity contribution in [3.8, 4) is 0 Å². The average Bonchev–Trinajstić information content (AvgIpc) is 2.93. The first-order valence-corrected chi connectivity index (χ1v) is 6.57. The van der Waals surface area contributed by atoms with Crippen molar-refractivity contribution < 1.29 is 9.90 Å². The summed E-state index contributed by atoms with van der Waals surface area (Å²) in [7, 11) is 0. The van der Waals surface area contributed by atoms with Crippen LogP contribution in [-0.4, -0.2) is 53.2 Å². The van der Waals surface area contributed by atoms with E-state index in [1.54, 1.807) is 18.5 Å². The van der Waals surface area contributed by atoms with E-state index in [0.29, 0.717) is 12.1 Å². The molecule has 1 amide bonds. The number of nitrogens with zero attached hydrogens (tertiary/aromatic N) is 1. The maximum atomic E-state index is 11.7. The van der Waals surface area contributed by atoms with Crippen LogP contribution in [0, 0.1) is 0 Å². The van der Waals surface area contributed by atoms with Gasteiger partial charge in [-0.2, -0.15) is 0 Å². The fraction of sp³-hybridized carbons (Fsp3) is 0.615. The van der Waals surface area contributed by atoms with Gasteiger partial charge in [0.15, 0.2) is 0 Å². The second kappa shape index (κ2) is 6.56. The predicted molar refractivity (Wildman–Crippen MR) is 69.4 cm³/mol. The summed E-state index contributed by atoms with van der Waals surface area (Å²) in [5.41, 5.74) is 0.660. The number of H-pyrrole nitrogens is 1. The number of piperidine rings is 1. The lowest BCUT2D eigenvalue weighted by atomic mass is 10.0. The summed E-state index contributed by atoms with van der Waals surface area (Å²) in [5, 5.41) is 12.2. The number of aliphatic hydroxyl groups is 1. The molecule has 1 unspecified atom stereocenters. The molecular weight excluding hydrogens is 230 g/mol. The largest absolute Gasteiger partial charge is 0.395 e. The van der Waals surface area contributed by atoms with E-state index < -0.39 is 0 Å². The molecular formula is C13H21N3O2. The first-order valence-electron chi connectivity index (χ1n) is 6.57. The van der Waals surface area contributed by atoms with Gasteiger partial charge in [-0.15, -0.1) is 0 Å². The van der Waals surface area contributed by atoms with Crippen LogP contribution in [0.2, 0.25) is 0 Å². The van der Waals surface area contributed by atoms with Crippen LogP contribution in [0.25, 0.3) is 0 Å². The fourth-order valence-corrected chi connectivity index (χ4v) is 2.44. The van der Waals surface area contributed by atoms with Gasteiger partial charge in [-0.25, -0.2) is 0 Å². The quantitative estimate of drug-likeness (QED) is 0.717. The minimum atomic E-state index is -0.0474. The van der Waals surface area contributed by atoms with Crippen LogP contribution in [0.1, 0.15) is 29.6 Å². The van der Waals surface area contributed by atoms with E-state index >= 15 is 0 Å². The lowest BCUT2D eigenvalue weighted by Gasteiger charge is -2.34. The molecule has 5 nitrogen and oxygen atoms in total. The number of hydrogen-bond acceptors (Lipinski definition) is 3. The first kappa shape index (κ1) is 13.1. The highest BCUT2D eigenvalue weighted by molar-refractivity contribution is 5.93. The number of carbonyl (C=O) groups is 1. The second-order valence-corrected chi connectivity index (χ2v) is 4.72. The highest BCUT2D eigenvalue weighted by atomic mass is 16.3. The number of aromatic amines is 1. The van der Waals surface area contributed by atoms with Crippen LogP contribution in [0.5, 0.6) is 0 Å². The summed E-state index contributed by atoms with van der Waals surface area (Å²) in [6.45, 7) is 2.67. The van der Waals surface area contributed by atoms with E-state index in [0.717, 1.165) is 19.5 Å². The van der Waals surface area contributed by atoms with Gasteiger partial charge in [-0.1, -0.05) is 6.42 Å². The van der Waals surface area contributed by atoms with Crippen LogP contribution >= 0.6 is 0 Å². The average molecular weight is 251 g/mol. The highest BCUT2D eigenvalue weighted by Gasteiger charge is 2.21. The van der Waals surface area contributed by atoms with Crippen LogP contribution in [0.3, 0.4) is 0 Å². The van der Waals surface area contributed by atoms with Crippen molar-refractivity contribution in [1.29, 1.82) is 0 Å². The number of carbonyl (C=O) groups excluding carboxylic acids is 1. The molecule has 0 spiro atoms. The molecule has 3 N–H and O–H groups in total. The third kappa shape index (κ3) is 3.34. The van der Waals surface area contributed by atoms with Crippen LogP contribution in [0.4, 0.5) is 0 Å². The zero-order chi connectivity index (χ0) is 12.8. The molecule has 1 atom stereocenters. The highest BCUT2D eigenvalue weighted by Crippen LogP contribution is 2.15. The number of amides is 1. The summed E-state index contributed by atoms with van der Waals surface area (Å²) in [6, 6.07) is 2.02. The third-order valence-electron chi connectivity index (χ3n) is 3.50. The molecule has 1 aromatic rings. The summed E-state index contributed by atoms with van der Waals surface area (Å²) in [4.78, 5) is 16.8. The molecule has 0 aliphatic carbocycles. The van der Waals surface area contributed by atoms with Gasteiger partial charge in [0.25, 0.3) is 5.91 Å². The van der Waals surface area contributed by atoms with E-state index in [1.807, 2.05) is 0 Å². The Kier molecular flexibility index (Phi) is 4.78. The van der Waals surface area contributed by atoms with Gasteiger partial charge in [0.05, 0.1) is 12.2 Å². The SMILES string of the molecule is O=C(NCCN1CCCCC1CO)c1cc[nH]c1. The van der Waals surface area contributed by atoms with E-state index in [4.69, 9.17) is 0 Å². The zero-order valence-electron chi connectivity index (χ0n) is 10.6. The van der Waals surface area contributed by atoms with Gasteiger partial charge in [0.2, 0.25) is 0 Å². The van der Waals surface area contributed by atoms with Crippen molar-refractivity contribution in [3.05, 3.63) is 24.0 Å². The monoisotopic (exact) mass is 251 g/mol. The zero-order valence-corrected chi connectivity index (χ0v) is 10.6. The number of likely N-dealkylation sites (tertiary alicyclic amines) is 1. The Morgan fingerprint density at radius 2 is 2.44 bits per heavy atom. The summed E-state index contributed by atoms with van der Waals surface area (Å²) in [5.74, 6) is -0.0474. The van der Waals surface area contributed by atoms with Gasteiger partial charge < -0.3 is 15.4 Å². The molecule has 0 aromatic carbocycles. The number of hydrogen-bond donors (Lipinski definition) is 3. The van der Waals surface area contributed by atoms with Gasteiger partial charge in [-0.05, 0) is 25.5 Å². The number of aromatic nitrogens is 1. The first-order chi connectivity index (χ1) is 8.81. The summed E-state index contributed by atoms with van der Waals surface area (Å²) >= 11 is 0. The van der Waals surface area contributed by atoms with Crippen LogP contribution in [0.15, 0.2) is 18.5 Å². The molecule has 100 valence electrons. The molecule has 0 bridgehead atoms. The Balaban J connectivity index is 1.72. The number of rotatable bonds is 5. The van der Waals surface area contributed by atoms with Gasteiger partial charge in [0, 0.05) is 31.5 Å². The molecule has 1 saturated heterocycles. The maximum Gasteiger partial charge on any atom is 0.252 e. The van der Waals surface area contributed by atoms with E-state index in [2.05, 4.69) is 15.2 Å². The Labute approximate surface area is 107 Å². The van der Waals surface area contributed by atoms with E-state index in [-0.39, 0.29) is 18.6 Å². The number of aliphatic hydroxyl groups excluding tert-OH is 1. The topological polar surface area (TPSA) is 68.4 Å². The van der Waals surface area contributed by atoms with Gasteiger partial charge >= 0.3 is 0 Å². The summed E-state index contributed by atoms with van der Waals surface area (Å²) in [6.07, 6.45) is 6.86. The van der Waals surface area contributed by atoms with Crippen molar-refractivity contribution >= 4 is 5.91 Å². The Bertz CT molecular complexity index is 364. The molecule has 5 heteroatoms. The Morgan fingerprint density at radius 1 is 1.56 bits per heavy atom. The Hall–Kier alpha value is -1.33. The molecule has 1 aromatic heterocycles. The van der Waals surface area contributed by atoms with Crippen molar-refractivity contribution in [1.82, 2.24) is 15.2 Å². The van der Waals surface area contributed by atoms with Gasteiger partial charge in [-0.3, -0.25) is 9.69 Å². The molecule has 18 heavy (non-hydrogen) atoms. The molecule has 1 aliphatic rings. The second-order valence-electron chi connectivity index (χ2n) is 4.72. The van der Waals surface area contributed by atoms with Crippen LogP contribution < -0.4 is 5.32 Å². The molecule has 0 saturated carbocycles. The molecule has 0 radical (unpaired) electrons. The van der Waals surface area contributed by atoms with E-state index in [1.165, 1.54) is 12.8 Å². The molecule has 1 fully saturated rings. The van der Waals surface area contributed by atoms with Crippen molar-refractivity contribution in [2.75, 3.05) is 26.2 Å². The maximum absolute atomic E-state index is 11.7. The van der Waals surface area contributed by atoms with Crippen LogP contribution in [-0.2, 0) is 0 Å². The van der Waals surface area contributed by atoms with Gasteiger partial charge in [0.1, 0.15) is 0 Å².